The molecule has 1 fully saturated rings. The molecule has 0 spiro atoms. The van der Waals surface area contributed by atoms with Gasteiger partial charge in [0, 0.05) is 19.8 Å². The molecule has 0 radical (unpaired) electrons. The first-order valence-electron chi connectivity index (χ1n) is 5.54. The molecule has 0 bridgehead atoms. The highest BCUT2D eigenvalue weighted by Gasteiger charge is 2.08. The minimum absolute atomic E-state index is 0.000488. The zero-order valence-corrected chi connectivity index (χ0v) is 9.33. The van der Waals surface area contributed by atoms with Crippen LogP contribution in [0.2, 0.25) is 0 Å². The molecule has 1 rings (SSSR count). The third-order valence-electron chi connectivity index (χ3n) is 2.68. The quantitative estimate of drug-likeness (QED) is 0.744. The minimum Gasteiger partial charge on any atom is -0.395 e. The number of carbonyl (C=O) groups excluding carboxylic acids is 1. The van der Waals surface area contributed by atoms with Crippen LogP contribution in [0.3, 0.4) is 0 Å². The lowest BCUT2D eigenvalue weighted by Crippen LogP contribution is -2.36. The minimum atomic E-state index is -0.151. The maximum absolute atomic E-state index is 11.4. The molecule has 0 atom stereocenters. The smallest absolute Gasteiger partial charge is 0.321 e. The van der Waals surface area contributed by atoms with Crippen molar-refractivity contribution in [1.82, 2.24) is 10.2 Å². The fourth-order valence-corrected chi connectivity index (χ4v) is 1.68. The summed E-state index contributed by atoms with van der Waals surface area (Å²) in [6, 6.07) is -0.151. The van der Waals surface area contributed by atoms with E-state index in [2.05, 4.69) is 5.32 Å². The van der Waals surface area contributed by atoms with Gasteiger partial charge < -0.3 is 15.3 Å². The van der Waals surface area contributed by atoms with Crippen molar-refractivity contribution in [3.8, 4) is 0 Å². The molecule has 0 aliphatic heterocycles. The van der Waals surface area contributed by atoms with Crippen LogP contribution in [0.25, 0.3) is 0 Å². The lowest BCUT2D eigenvalue weighted by atomic mass is 9.96. The van der Waals surface area contributed by atoms with E-state index in [9.17, 15) is 4.79 Å². The molecule has 4 nitrogen and oxygen atoms in total. The Labute approximate surface area is 91.0 Å². The molecule has 0 aromatic rings. The topological polar surface area (TPSA) is 52.6 Å². The molecular weight excluding hydrogens is 192 g/mol. The van der Waals surface area contributed by atoms with Crippen molar-refractivity contribution in [2.75, 3.05) is 20.2 Å². The summed E-state index contributed by atoms with van der Waals surface area (Å²) >= 11 is 0. The van der Waals surface area contributed by atoms with E-state index in [0.717, 1.165) is 12.8 Å². The van der Waals surface area contributed by atoms with Gasteiger partial charge >= 0.3 is 6.03 Å². The molecule has 86 valence electrons. The predicted octanol–water partition coefficient (Wildman–Crippen LogP) is 1.47. The fraction of sp³-hybridized carbons (Fsp3) is 0.727. The maximum atomic E-state index is 11.4. The normalized spacial score (nSPS) is 16.0. The van der Waals surface area contributed by atoms with Crippen LogP contribution in [0.5, 0.6) is 0 Å². The number of amides is 2. The van der Waals surface area contributed by atoms with Gasteiger partial charge in [0.1, 0.15) is 0 Å². The average molecular weight is 212 g/mol. The predicted molar refractivity (Wildman–Crippen MR) is 59.4 cm³/mol. The highest BCUT2D eigenvalue weighted by Crippen LogP contribution is 2.21. The van der Waals surface area contributed by atoms with Crippen molar-refractivity contribution in [1.29, 1.82) is 0 Å². The largest absolute Gasteiger partial charge is 0.395 e. The molecule has 1 aliphatic rings. The summed E-state index contributed by atoms with van der Waals surface area (Å²) in [5.74, 6) is 0. The van der Waals surface area contributed by atoms with Gasteiger partial charge in [-0.1, -0.05) is 12.0 Å². The molecular formula is C11H20N2O2. The van der Waals surface area contributed by atoms with Crippen molar-refractivity contribution in [2.24, 2.45) is 0 Å². The van der Waals surface area contributed by atoms with Gasteiger partial charge in [-0.3, -0.25) is 0 Å². The van der Waals surface area contributed by atoms with Crippen molar-refractivity contribution >= 4 is 6.03 Å². The van der Waals surface area contributed by atoms with Gasteiger partial charge in [-0.2, -0.15) is 0 Å². The number of allylic oxidation sites excluding steroid dienone is 1. The van der Waals surface area contributed by atoms with Gasteiger partial charge in [-0.15, -0.1) is 0 Å². The van der Waals surface area contributed by atoms with E-state index in [1.54, 1.807) is 7.05 Å². The lowest BCUT2D eigenvalue weighted by Gasteiger charge is -2.17. The Balaban J connectivity index is 2.31. The standard InChI is InChI=1S/C11H20N2O2/c1-13(7-8-14)11(15)12-9-10-5-3-2-4-6-10/h9,14H,2-8H2,1H3,(H,12,15). The van der Waals surface area contributed by atoms with E-state index >= 15 is 0 Å². The molecule has 0 aromatic heterocycles. The van der Waals surface area contributed by atoms with Crippen LogP contribution in [0, 0.1) is 0 Å². The molecule has 1 saturated carbocycles. The third kappa shape index (κ3) is 4.34. The number of aliphatic hydroxyl groups excluding tert-OH is 1. The number of carbonyl (C=O) groups is 1. The van der Waals surface area contributed by atoms with Crippen molar-refractivity contribution < 1.29 is 9.90 Å². The Morgan fingerprint density at radius 2 is 2.13 bits per heavy atom. The van der Waals surface area contributed by atoms with E-state index in [4.69, 9.17) is 5.11 Å². The SMILES string of the molecule is CN(CCO)C(=O)NC=C1CCCCC1. The van der Waals surface area contributed by atoms with Crippen LogP contribution in [0.1, 0.15) is 32.1 Å². The second-order valence-corrected chi connectivity index (χ2v) is 3.96. The summed E-state index contributed by atoms with van der Waals surface area (Å²) in [5, 5.41) is 11.4. The molecule has 2 N–H and O–H groups in total. The molecule has 0 saturated heterocycles. The first-order chi connectivity index (χ1) is 7.24. The summed E-state index contributed by atoms with van der Waals surface area (Å²) in [4.78, 5) is 12.9. The van der Waals surface area contributed by atoms with Gasteiger partial charge in [-0.05, 0) is 25.7 Å². The highest BCUT2D eigenvalue weighted by molar-refractivity contribution is 5.74. The van der Waals surface area contributed by atoms with Gasteiger partial charge in [0.2, 0.25) is 0 Å². The van der Waals surface area contributed by atoms with E-state index < -0.39 is 0 Å². The van der Waals surface area contributed by atoms with Crippen LogP contribution in [0.4, 0.5) is 4.79 Å². The molecule has 0 heterocycles. The Bertz CT molecular complexity index is 231. The van der Waals surface area contributed by atoms with E-state index in [1.807, 2.05) is 6.20 Å². The zero-order valence-electron chi connectivity index (χ0n) is 9.33. The number of hydrogen-bond donors (Lipinski definition) is 2. The maximum Gasteiger partial charge on any atom is 0.321 e. The van der Waals surface area contributed by atoms with Gasteiger partial charge in [0.15, 0.2) is 0 Å². The summed E-state index contributed by atoms with van der Waals surface area (Å²) in [7, 11) is 1.67. The number of urea groups is 1. The number of rotatable bonds is 3. The van der Waals surface area contributed by atoms with Gasteiger partial charge in [-0.25, -0.2) is 4.79 Å². The molecule has 1 aliphatic carbocycles. The number of nitrogens with zero attached hydrogens (tertiary/aromatic N) is 1. The molecule has 4 heteroatoms. The third-order valence-corrected chi connectivity index (χ3v) is 2.68. The highest BCUT2D eigenvalue weighted by atomic mass is 16.3. The second kappa shape index (κ2) is 6.45. The van der Waals surface area contributed by atoms with Crippen LogP contribution in [-0.4, -0.2) is 36.2 Å². The molecule has 15 heavy (non-hydrogen) atoms. The van der Waals surface area contributed by atoms with E-state index in [0.29, 0.717) is 6.54 Å². The summed E-state index contributed by atoms with van der Waals surface area (Å²) in [6.07, 6.45) is 7.79. The Morgan fingerprint density at radius 3 is 2.73 bits per heavy atom. The number of aliphatic hydroxyl groups is 1. The number of hydrogen-bond acceptors (Lipinski definition) is 2. The molecule has 2 amide bonds. The zero-order chi connectivity index (χ0) is 11.1. The Hall–Kier alpha value is -1.03. The van der Waals surface area contributed by atoms with Crippen LogP contribution in [-0.2, 0) is 0 Å². The monoisotopic (exact) mass is 212 g/mol. The van der Waals surface area contributed by atoms with Crippen molar-refractivity contribution in [2.45, 2.75) is 32.1 Å². The first-order valence-corrected chi connectivity index (χ1v) is 5.54. The second-order valence-electron chi connectivity index (χ2n) is 3.96. The van der Waals surface area contributed by atoms with E-state index in [-0.39, 0.29) is 12.6 Å². The van der Waals surface area contributed by atoms with Gasteiger partial charge in [0.25, 0.3) is 0 Å². The first kappa shape index (κ1) is 12.0. The lowest BCUT2D eigenvalue weighted by molar-refractivity contribution is 0.193. The van der Waals surface area contributed by atoms with Crippen LogP contribution in [0.15, 0.2) is 11.8 Å². The fourth-order valence-electron chi connectivity index (χ4n) is 1.68. The summed E-state index contributed by atoms with van der Waals surface area (Å²) < 4.78 is 0. The van der Waals surface area contributed by atoms with Crippen LogP contribution < -0.4 is 5.32 Å². The average Bonchev–Trinajstić information content (AvgIpc) is 2.27. The summed E-state index contributed by atoms with van der Waals surface area (Å²) in [6.45, 7) is 0.371. The number of likely N-dealkylation sites (N-methyl/N-ethyl adjacent to an activating group) is 1. The molecule has 0 unspecified atom stereocenters. The van der Waals surface area contributed by atoms with Crippen molar-refractivity contribution in [3.63, 3.8) is 0 Å². The summed E-state index contributed by atoms with van der Waals surface area (Å²) in [5.41, 5.74) is 1.33. The molecule has 0 aromatic carbocycles. The van der Waals surface area contributed by atoms with E-state index in [1.165, 1.54) is 29.7 Å². The Morgan fingerprint density at radius 1 is 1.47 bits per heavy atom. The Kier molecular flexibility index (Phi) is 5.18. The van der Waals surface area contributed by atoms with Gasteiger partial charge in [0.05, 0.1) is 6.61 Å². The van der Waals surface area contributed by atoms with Crippen LogP contribution >= 0.6 is 0 Å². The number of nitrogens with one attached hydrogen (secondary N) is 1. The van der Waals surface area contributed by atoms with Crippen molar-refractivity contribution in [3.05, 3.63) is 11.8 Å².